The van der Waals surface area contributed by atoms with Gasteiger partial charge in [-0.25, -0.2) is 0 Å². The van der Waals surface area contributed by atoms with E-state index in [0.717, 1.165) is 0 Å². The molecule has 3 heterocycles. The summed E-state index contributed by atoms with van der Waals surface area (Å²) < 4.78 is 23.4. The highest BCUT2D eigenvalue weighted by Gasteiger charge is 2.50. The number of nitrogen functional groups attached to an aromatic ring is 1. The Kier molecular flexibility index (Phi) is 27.6. The van der Waals surface area contributed by atoms with Crippen LogP contribution in [0.3, 0.4) is 0 Å². The second-order valence-electron chi connectivity index (χ2n) is 20.8. The number of cyclic esters (lactones) is 1. The summed E-state index contributed by atoms with van der Waals surface area (Å²) in [6.07, 6.45) is 2.67. The molecule has 21 nitrogen and oxygen atoms in total. The minimum absolute atomic E-state index is 0.128. The molecule has 0 aliphatic carbocycles. The first-order chi connectivity index (χ1) is 36.9. The highest BCUT2D eigenvalue weighted by molar-refractivity contribution is 5.96. The average Bonchev–Trinajstić information content (AvgIpc) is 3.41. The second-order valence-corrected chi connectivity index (χ2v) is 20.8. The summed E-state index contributed by atoms with van der Waals surface area (Å²) in [5, 5.41) is 118. The van der Waals surface area contributed by atoms with E-state index in [4.69, 9.17) is 30.4 Å². The van der Waals surface area contributed by atoms with E-state index >= 15 is 0 Å². The molecule has 0 aromatic heterocycles. The van der Waals surface area contributed by atoms with Gasteiger partial charge in [0, 0.05) is 55.7 Å². The number of carboxylic acid groups (broad SMARTS) is 1. The Labute approximate surface area is 455 Å². The van der Waals surface area contributed by atoms with Crippen LogP contribution in [0.5, 0.6) is 0 Å². The molecule has 1 unspecified atom stereocenters. The van der Waals surface area contributed by atoms with Crippen molar-refractivity contribution >= 4 is 29.2 Å². The van der Waals surface area contributed by atoms with E-state index in [-0.39, 0.29) is 43.5 Å². The van der Waals surface area contributed by atoms with Crippen LogP contribution in [0.25, 0.3) is 0 Å². The molecule has 1 aromatic carbocycles. The van der Waals surface area contributed by atoms with Gasteiger partial charge in [0.25, 0.3) is 0 Å². The smallest absolute Gasteiger partial charge is 0.311 e. The number of aliphatic carboxylic acids is 1. The molecule has 78 heavy (non-hydrogen) atoms. The van der Waals surface area contributed by atoms with Gasteiger partial charge in [-0.2, -0.15) is 0 Å². The van der Waals surface area contributed by atoms with Crippen LogP contribution in [0.15, 0.2) is 109 Å². The van der Waals surface area contributed by atoms with E-state index < -0.39 is 166 Å². The Morgan fingerprint density at radius 2 is 1.27 bits per heavy atom. The molecule has 0 saturated carbocycles. The number of carboxylic acids is 1. The van der Waals surface area contributed by atoms with Crippen LogP contribution in [0.4, 0.5) is 5.69 Å². The quantitative estimate of drug-likeness (QED) is 0.0904. The first-order valence-electron chi connectivity index (χ1n) is 26.5. The van der Waals surface area contributed by atoms with Gasteiger partial charge in [0.1, 0.15) is 23.9 Å². The number of carbonyl (C=O) groups is 4. The summed E-state index contributed by atoms with van der Waals surface area (Å²) in [7, 11) is 0. The van der Waals surface area contributed by atoms with Crippen molar-refractivity contribution in [2.75, 3.05) is 12.3 Å². The van der Waals surface area contributed by atoms with Crippen LogP contribution < -0.4 is 11.5 Å². The summed E-state index contributed by atoms with van der Waals surface area (Å²) >= 11 is 0. The van der Waals surface area contributed by atoms with E-state index in [1.807, 2.05) is 19.9 Å². The summed E-state index contributed by atoms with van der Waals surface area (Å²) in [5.41, 5.74) is 12.6. The van der Waals surface area contributed by atoms with Crippen molar-refractivity contribution in [3.05, 3.63) is 115 Å². The molecular weight excluding hydrogens is 1020 g/mol. The van der Waals surface area contributed by atoms with Crippen molar-refractivity contribution in [2.24, 2.45) is 23.5 Å². The fourth-order valence-corrected chi connectivity index (χ4v) is 9.65. The molecule has 0 amide bonds. The third-order valence-corrected chi connectivity index (χ3v) is 13.8. The van der Waals surface area contributed by atoms with Gasteiger partial charge in [-0.3, -0.25) is 19.2 Å². The summed E-state index contributed by atoms with van der Waals surface area (Å²) in [6, 6.07) is 5.24. The van der Waals surface area contributed by atoms with Gasteiger partial charge in [-0.1, -0.05) is 98.9 Å². The predicted octanol–water partition coefficient (Wildman–Crippen LogP) is 1.90. The van der Waals surface area contributed by atoms with Gasteiger partial charge in [0.2, 0.25) is 0 Å². The number of ether oxygens (including phenoxy) is 4. The number of benzene rings is 1. The van der Waals surface area contributed by atoms with E-state index in [2.05, 4.69) is 0 Å². The normalized spacial score (nSPS) is 37.8. The predicted molar refractivity (Wildman–Crippen MR) is 285 cm³/mol. The number of hydrogen-bond donors (Lipinski definition) is 13. The number of carbonyl (C=O) groups excluding carboxylic acids is 3. The first kappa shape index (κ1) is 65.4. The highest BCUT2D eigenvalue weighted by Crippen LogP contribution is 2.38. The molecule has 434 valence electrons. The lowest BCUT2D eigenvalue weighted by molar-refractivity contribution is -0.305. The van der Waals surface area contributed by atoms with Crippen molar-refractivity contribution in [3.8, 4) is 0 Å². The number of nitrogens with two attached hydrogens (primary N) is 2. The highest BCUT2D eigenvalue weighted by atomic mass is 16.7. The Morgan fingerprint density at radius 3 is 1.87 bits per heavy atom. The van der Waals surface area contributed by atoms with Gasteiger partial charge >= 0.3 is 11.9 Å². The topological polar surface area (TPSA) is 380 Å². The fraction of sp³-hybridized carbons (Fsp3) is 0.579. The maximum absolute atomic E-state index is 13.3. The molecule has 2 saturated heterocycles. The zero-order valence-corrected chi connectivity index (χ0v) is 44.2. The number of allylic oxidation sites excluding steroid dienone is 12. The monoisotopic (exact) mass is 1100 g/mol. The number of esters is 1. The van der Waals surface area contributed by atoms with Gasteiger partial charge < -0.3 is 86.6 Å². The number of rotatable bonds is 10. The molecule has 0 radical (unpaired) electrons. The lowest BCUT2D eigenvalue weighted by Gasteiger charge is -2.45. The van der Waals surface area contributed by atoms with E-state index in [0.29, 0.717) is 17.7 Å². The van der Waals surface area contributed by atoms with Gasteiger partial charge in [-0.15, -0.1) is 0 Å². The molecule has 3 aliphatic rings. The third-order valence-electron chi connectivity index (χ3n) is 13.8. The molecule has 2 fully saturated rings. The number of aliphatic hydroxyl groups is 10. The molecular formula is C57H82N2O19. The van der Waals surface area contributed by atoms with Crippen molar-refractivity contribution in [1.29, 1.82) is 0 Å². The molecule has 18 atom stereocenters. The number of aliphatic hydroxyl groups excluding tert-OH is 9. The Morgan fingerprint density at radius 1 is 0.718 bits per heavy atom. The number of ketones is 2. The number of fused-ring (bicyclic) bond motifs is 2. The molecule has 15 N–H and O–H groups in total. The van der Waals surface area contributed by atoms with E-state index in [1.54, 1.807) is 97.2 Å². The summed E-state index contributed by atoms with van der Waals surface area (Å²) in [4.78, 5) is 51.5. The minimum atomic E-state index is -2.34. The minimum Gasteiger partial charge on any atom is -0.481 e. The van der Waals surface area contributed by atoms with Crippen LogP contribution in [-0.4, -0.2) is 178 Å². The molecule has 1 aromatic rings. The van der Waals surface area contributed by atoms with Crippen LogP contribution in [0, 0.1) is 17.8 Å². The molecule has 2 bridgehead atoms. The number of anilines is 1. The first-order valence-corrected chi connectivity index (χ1v) is 26.5. The van der Waals surface area contributed by atoms with Gasteiger partial charge in [-0.05, 0) is 62.3 Å². The SMILES string of the molecule is C[C@H]1/C=C/C=C/C=C\C=C/C=C/C=C/C=C/[C@H](O[C@@H]2OC[C@@H](O)[C@H](N)[C@H]2O)C[C@@H]2O[C@](O)(C[C@@H](O)C[C@@H](O)C[C@@H](O)C[C@@H](O)CC(=O)C[C@@H](O)CC(=O)O[C@@H]1[C@@H](C)CCC(O)CC(=O)c1ccc(N)cc1)C[C@H](O)[C@H]2C(=O)O. The molecule has 0 spiro atoms. The van der Waals surface area contributed by atoms with Crippen molar-refractivity contribution in [1.82, 2.24) is 0 Å². The fourth-order valence-electron chi connectivity index (χ4n) is 9.65. The Hall–Kier alpha value is -5.08. The molecule has 4 rings (SSSR count). The maximum Gasteiger partial charge on any atom is 0.311 e. The molecule has 21 heteroatoms. The lowest BCUT2D eigenvalue weighted by atomic mass is 9.82. The largest absolute Gasteiger partial charge is 0.481 e. The molecule has 3 aliphatic heterocycles. The number of hydrogen-bond acceptors (Lipinski definition) is 20. The zero-order valence-electron chi connectivity index (χ0n) is 44.2. The zero-order chi connectivity index (χ0) is 57.5. The standard InChI is InChI=1S/C57H82N2O19/c1-34-15-13-11-9-7-5-3-4-6-8-10-12-14-16-45(76-56-53(71)52(59)48(69)33-75-56)30-49-51(55(72)73)47(68)32-57(74,78-49)31-44(66)27-42(64)25-40(62)23-39(61)24-41(63)26-43(65)29-50(70)77-54(34)35(2)17-22-38(60)28-46(67)36-18-20-37(58)21-19-36/h3-16,18-21,34-35,38-40,42-45,47-49,51-54,56,60-62,64-66,68-69,71,74H,17,22-33,58-59H2,1-2H3,(H,72,73)/b4-3-,7-5-,8-6+,11-9+,12-10+,15-13+,16-14+/t34-,35-,38?,39+,40-,42-,43+,44-,45-,47-,48+,49-,51+,52-,53+,54-,56-,57+/m0/s1. The van der Waals surface area contributed by atoms with Crippen LogP contribution in [0.2, 0.25) is 0 Å². The summed E-state index contributed by atoms with van der Waals surface area (Å²) in [5.74, 6) is -7.80. The van der Waals surface area contributed by atoms with Crippen LogP contribution in [0.1, 0.15) is 101 Å². The number of Topliss-reactive ketones (excluding diaryl/α,β-unsaturated/α-hetero) is 2. The van der Waals surface area contributed by atoms with Gasteiger partial charge in [0.05, 0.1) is 80.1 Å². The summed E-state index contributed by atoms with van der Waals surface area (Å²) in [6.45, 7) is 3.39. The van der Waals surface area contributed by atoms with E-state index in [9.17, 15) is 75.3 Å². The van der Waals surface area contributed by atoms with E-state index in [1.165, 1.54) is 6.08 Å². The van der Waals surface area contributed by atoms with Gasteiger partial charge in [0.15, 0.2) is 17.9 Å². The maximum atomic E-state index is 13.3. The van der Waals surface area contributed by atoms with Crippen molar-refractivity contribution in [2.45, 2.75) is 182 Å². The third kappa shape index (κ3) is 22.9. The Bertz CT molecular complexity index is 2250. The average molecular weight is 1100 g/mol. The lowest BCUT2D eigenvalue weighted by Crippen LogP contribution is -2.59. The second kappa shape index (κ2) is 32.9. The van der Waals surface area contributed by atoms with Crippen molar-refractivity contribution < 1.29 is 94.3 Å². The van der Waals surface area contributed by atoms with Crippen LogP contribution >= 0.6 is 0 Å². The Balaban J connectivity index is 1.53. The van der Waals surface area contributed by atoms with Crippen LogP contribution in [-0.2, 0) is 33.3 Å². The van der Waals surface area contributed by atoms with Crippen molar-refractivity contribution in [3.63, 3.8) is 0 Å².